The number of hydrogen-bond acceptors (Lipinski definition) is 1. The van der Waals surface area contributed by atoms with E-state index in [4.69, 9.17) is 4.42 Å². The van der Waals surface area contributed by atoms with Gasteiger partial charge < -0.3 is 4.42 Å². The summed E-state index contributed by atoms with van der Waals surface area (Å²) in [6.45, 7) is 26.2. The van der Waals surface area contributed by atoms with Crippen molar-refractivity contribution in [2.24, 2.45) is 0 Å². The van der Waals surface area contributed by atoms with Gasteiger partial charge in [0.15, 0.2) is 0 Å². The number of fused-ring (bicyclic) bond motifs is 1. The normalized spacial score (nSPS) is 15.1. The van der Waals surface area contributed by atoms with Gasteiger partial charge in [-0.1, -0.05) is 103 Å². The second kappa shape index (κ2) is 12.6. The van der Waals surface area contributed by atoms with Gasteiger partial charge in [0.1, 0.15) is 11.5 Å². The van der Waals surface area contributed by atoms with Gasteiger partial charge in [-0.15, -0.1) is 0 Å². The molecule has 0 unspecified atom stereocenters. The second-order valence-corrected chi connectivity index (χ2v) is 11.9. The number of rotatable bonds is 4. The van der Waals surface area contributed by atoms with Crippen LogP contribution in [0.4, 0.5) is 0 Å². The van der Waals surface area contributed by atoms with Crippen molar-refractivity contribution in [1.82, 2.24) is 0 Å². The lowest BCUT2D eigenvalue weighted by Gasteiger charge is -2.42. The molecule has 1 heteroatoms. The molecule has 1 aliphatic rings. The van der Waals surface area contributed by atoms with E-state index in [1.807, 2.05) is 13.0 Å². The van der Waals surface area contributed by atoms with Crippen molar-refractivity contribution >= 4 is 5.57 Å². The topological polar surface area (TPSA) is 13.1 Å². The van der Waals surface area contributed by atoms with Crippen LogP contribution < -0.4 is 0 Å². The summed E-state index contributed by atoms with van der Waals surface area (Å²) in [7, 11) is 0. The van der Waals surface area contributed by atoms with Gasteiger partial charge in [0.25, 0.3) is 0 Å². The zero-order valence-electron chi connectivity index (χ0n) is 24.8. The van der Waals surface area contributed by atoms with Crippen LogP contribution in [0.1, 0.15) is 120 Å². The van der Waals surface area contributed by atoms with E-state index >= 15 is 0 Å². The number of allylic oxidation sites excluding steroid dienone is 1. The van der Waals surface area contributed by atoms with Crippen LogP contribution in [0.15, 0.2) is 59.5 Å². The Balaban J connectivity index is 0.000000316. The zero-order valence-corrected chi connectivity index (χ0v) is 24.8. The summed E-state index contributed by atoms with van der Waals surface area (Å²) in [5.41, 5.74) is 10.0. The number of hydrogen-bond donors (Lipinski definition) is 0. The van der Waals surface area contributed by atoms with Gasteiger partial charge in [-0.05, 0) is 96.4 Å². The van der Waals surface area contributed by atoms with Crippen LogP contribution in [0.3, 0.4) is 0 Å². The maximum absolute atomic E-state index is 5.94. The average molecular weight is 487 g/mol. The highest BCUT2D eigenvalue weighted by Gasteiger charge is 2.37. The smallest absolute Gasteiger partial charge is 0.129 e. The molecule has 0 radical (unpaired) electrons. The first-order valence-corrected chi connectivity index (χ1v) is 13.8. The molecule has 0 spiro atoms. The minimum atomic E-state index is 0.249. The lowest BCUT2D eigenvalue weighted by Crippen LogP contribution is -2.34. The third kappa shape index (κ3) is 7.73. The predicted molar refractivity (Wildman–Crippen MR) is 159 cm³/mol. The average Bonchev–Trinajstić information content (AvgIpc) is 3.29. The van der Waals surface area contributed by atoms with Gasteiger partial charge in [0.2, 0.25) is 0 Å². The minimum absolute atomic E-state index is 0.249. The quantitative estimate of drug-likeness (QED) is 0.357. The molecule has 0 atom stereocenters. The van der Waals surface area contributed by atoms with Crippen molar-refractivity contribution in [3.63, 3.8) is 0 Å². The predicted octanol–water partition coefficient (Wildman–Crippen LogP) is 10.5. The third-order valence-corrected chi connectivity index (χ3v) is 7.29. The molecule has 0 aliphatic heterocycles. The molecule has 4 rings (SSSR count). The molecular formula is C35H50O. The Labute approximate surface area is 222 Å². The lowest BCUT2D eigenvalue weighted by molar-refractivity contribution is 0.331. The molecule has 0 bridgehead atoms. The van der Waals surface area contributed by atoms with Crippen LogP contribution in [-0.2, 0) is 23.7 Å². The van der Waals surface area contributed by atoms with Crippen molar-refractivity contribution in [3.8, 4) is 0 Å². The number of aryl methyl sites for hydroxylation is 3. The number of furan rings is 1. The van der Waals surface area contributed by atoms with Crippen molar-refractivity contribution < 1.29 is 4.42 Å². The molecule has 1 heterocycles. The lowest BCUT2D eigenvalue weighted by atomic mass is 9.62. The Kier molecular flexibility index (Phi) is 10.4. The summed E-state index contributed by atoms with van der Waals surface area (Å²) in [5.74, 6) is 1.91. The molecule has 0 saturated heterocycles. The molecule has 0 fully saturated rings. The van der Waals surface area contributed by atoms with Gasteiger partial charge in [-0.3, -0.25) is 0 Å². The van der Waals surface area contributed by atoms with Crippen molar-refractivity contribution in [3.05, 3.63) is 100 Å². The van der Waals surface area contributed by atoms with Crippen molar-refractivity contribution in [1.29, 1.82) is 0 Å². The van der Waals surface area contributed by atoms with Crippen LogP contribution in [0.25, 0.3) is 5.57 Å². The Morgan fingerprint density at radius 3 is 1.83 bits per heavy atom. The molecule has 0 amide bonds. The molecule has 36 heavy (non-hydrogen) atoms. The summed E-state index contributed by atoms with van der Waals surface area (Å²) >= 11 is 0. The zero-order chi connectivity index (χ0) is 27.1. The maximum atomic E-state index is 5.94. The van der Waals surface area contributed by atoms with Gasteiger partial charge in [-0.2, -0.15) is 0 Å². The molecular weight excluding hydrogens is 436 g/mol. The van der Waals surface area contributed by atoms with Gasteiger partial charge >= 0.3 is 0 Å². The van der Waals surface area contributed by atoms with Gasteiger partial charge in [0, 0.05) is 6.42 Å². The molecule has 0 saturated carbocycles. The highest BCUT2D eigenvalue weighted by molar-refractivity contribution is 5.56. The maximum Gasteiger partial charge on any atom is 0.129 e. The fourth-order valence-corrected chi connectivity index (χ4v) is 4.67. The summed E-state index contributed by atoms with van der Waals surface area (Å²) in [6, 6.07) is 17.6. The molecule has 1 aromatic heterocycles. The van der Waals surface area contributed by atoms with E-state index in [1.165, 1.54) is 52.6 Å². The fourth-order valence-electron chi connectivity index (χ4n) is 4.67. The van der Waals surface area contributed by atoms with Gasteiger partial charge in [0.05, 0.1) is 0 Å². The Morgan fingerprint density at radius 1 is 0.833 bits per heavy atom. The molecule has 0 N–H and O–H groups in total. The van der Waals surface area contributed by atoms with E-state index in [2.05, 4.69) is 111 Å². The Morgan fingerprint density at radius 2 is 1.36 bits per heavy atom. The molecule has 1 nitrogen and oxygen atoms in total. The van der Waals surface area contributed by atoms with E-state index in [9.17, 15) is 0 Å². The summed E-state index contributed by atoms with van der Waals surface area (Å²) < 4.78 is 5.94. The minimum Gasteiger partial charge on any atom is -0.461 e. The SMILES string of the molecule is C=C(C)c1ccc(Cc2cc3c(cc2C)C(C)(C)CCC3(C)C)o1.CCC.CCc1ccc(C)cc1. The largest absolute Gasteiger partial charge is 0.461 e. The van der Waals surface area contributed by atoms with Gasteiger partial charge in [-0.25, -0.2) is 0 Å². The highest BCUT2D eigenvalue weighted by Crippen LogP contribution is 2.46. The molecule has 196 valence electrons. The van der Waals surface area contributed by atoms with E-state index in [1.54, 1.807) is 0 Å². The first kappa shape index (κ1) is 29.7. The highest BCUT2D eigenvalue weighted by atomic mass is 16.3. The third-order valence-electron chi connectivity index (χ3n) is 7.29. The van der Waals surface area contributed by atoms with Crippen LogP contribution >= 0.6 is 0 Å². The van der Waals surface area contributed by atoms with Crippen LogP contribution in [-0.4, -0.2) is 0 Å². The van der Waals surface area contributed by atoms with E-state index in [0.29, 0.717) is 0 Å². The fraction of sp³-hybridized carbons (Fsp3) is 0.486. The second-order valence-electron chi connectivity index (χ2n) is 11.9. The standard InChI is InChI=1S/C23H30O.C9H12.C3H8/c1-15(2)21-9-8-18(24-21)13-17-14-20-19(12-16(17)3)22(4,5)10-11-23(20,6)7;1-3-9-6-4-8(2)5-7-9;1-3-2/h8-9,12,14H,1,10-11,13H2,2-7H3;4-7H,3H2,1-2H3;3H2,1-2H3. The van der Waals surface area contributed by atoms with Crippen LogP contribution in [0.5, 0.6) is 0 Å². The van der Waals surface area contributed by atoms with E-state index in [0.717, 1.165) is 29.9 Å². The van der Waals surface area contributed by atoms with Crippen molar-refractivity contribution in [2.75, 3.05) is 0 Å². The first-order valence-electron chi connectivity index (χ1n) is 13.8. The Bertz CT molecular complexity index is 1120. The summed E-state index contributed by atoms with van der Waals surface area (Å²) in [4.78, 5) is 0. The molecule has 3 aromatic rings. The van der Waals surface area contributed by atoms with E-state index in [-0.39, 0.29) is 10.8 Å². The molecule has 1 aliphatic carbocycles. The van der Waals surface area contributed by atoms with Crippen LogP contribution in [0, 0.1) is 13.8 Å². The van der Waals surface area contributed by atoms with E-state index < -0.39 is 0 Å². The summed E-state index contributed by atoms with van der Waals surface area (Å²) in [6.07, 6.45) is 5.74. The number of benzene rings is 2. The first-order chi connectivity index (χ1) is 16.8. The van der Waals surface area contributed by atoms with Crippen molar-refractivity contribution in [2.45, 2.75) is 112 Å². The summed E-state index contributed by atoms with van der Waals surface area (Å²) in [5, 5.41) is 0. The van der Waals surface area contributed by atoms with Crippen LogP contribution in [0.2, 0.25) is 0 Å². The molecule has 2 aromatic carbocycles. The Hall–Kier alpha value is -2.54. The monoisotopic (exact) mass is 486 g/mol.